The molecule has 2 aromatic carbocycles. The van der Waals surface area contributed by atoms with Crippen molar-refractivity contribution in [3.05, 3.63) is 99.1 Å². The molecule has 0 radical (unpaired) electrons. The number of hydrogen-bond acceptors (Lipinski definition) is 12. The second-order valence-corrected chi connectivity index (χ2v) is 19.5. The fraction of sp³-hybridized carbons (Fsp3) is 0.432. The minimum Gasteiger partial charge on any atom is -0.444 e. The third-order valence-electron chi connectivity index (χ3n) is 9.83. The number of anilines is 3. The Morgan fingerprint density at radius 1 is 0.885 bits per heavy atom. The van der Waals surface area contributed by atoms with Crippen LogP contribution in [0.25, 0.3) is 0 Å². The third kappa shape index (κ3) is 10.8. The smallest absolute Gasteiger partial charge is 0.425 e. The van der Waals surface area contributed by atoms with E-state index in [0.29, 0.717) is 36.6 Å². The average Bonchev–Trinajstić information content (AvgIpc) is 3.43. The number of benzene rings is 2. The van der Waals surface area contributed by atoms with Crippen molar-refractivity contribution < 1.29 is 33.4 Å². The Labute approximate surface area is 364 Å². The van der Waals surface area contributed by atoms with Crippen LogP contribution < -0.4 is 25.9 Å². The highest BCUT2D eigenvalue weighted by Gasteiger charge is 2.49. The number of aromatic nitrogens is 3. The van der Waals surface area contributed by atoms with Gasteiger partial charge in [-0.1, -0.05) is 53.7 Å². The van der Waals surface area contributed by atoms with Crippen LogP contribution in [0.3, 0.4) is 0 Å². The van der Waals surface area contributed by atoms with Crippen LogP contribution >= 0.6 is 23.4 Å². The predicted molar refractivity (Wildman–Crippen MR) is 234 cm³/mol. The number of imide groups is 1. The molecule has 324 valence electrons. The summed E-state index contributed by atoms with van der Waals surface area (Å²) in [7, 11) is 0. The molecule has 15 nitrogen and oxygen atoms in total. The molecule has 1 atom stereocenters. The normalized spacial score (nSPS) is 16.0. The van der Waals surface area contributed by atoms with Crippen molar-refractivity contribution >= 4 is 64.9 Å². The van der Waals surface area contributed by atoms with E-state index in [9.17, 15) is 24.0 Å². The molecule has 3 N–H and O–H groups in total. The number of rotatable bonds is 7. The van der Waals surface area contributed by atoms with Crippen LogP contribution in [0.1, 0.15) is 103 Å². The van der Waals surface area contributed by atoms with Crippen molar-refractivity contribution in [2.45, 2.75) is 114 Å². The monoisotopic (exact) mass is 873 g/mol. The Kier molecular flexibility index (Phi) is 12.8. The van der Waals surface area contributed by atoms with E-state index < -0.39 is 46.4 Å². The second-order valence-electron chi connectivity index (χ2n) is 18.1. The number of piperidine rings is 1. The quantitative estimate of drug-likeness (QED) is 0.150. The highest BCUT2D eigenvalue weighted by molar-refractivity contribution is 7.99. The Balaban J connectivity index is 1.35. The number of alkyl carbamates (subject to hydrolysis) is 1. The molecule has 17 heteroatoms. The SMILES string of the molecule is CC(C)(C)OC(=O)N[C@@H]1c2ccccc2CC12CCN(c1cnc(Sc3cccc(NC(=O)c4c[nH]ccc4=O)c3Cl)c(N(C(=O)OC(C)(C)C)C(=O)OC(C)(C)C)n1)CC2. The fourth-order valence-corrected chi connectivity index (χ4v) is 8.43. The highest BCUT2D eigenvalue weighted by atomic mass is 35.5. The molecule has 2 aliphatic rings. The number of hydrogen-bond donors (Lipinski definition) is 3. The van der Waals surface area contributed by atoms with Gasteiger partial charge in [-0.05, 0) is 105 Å². The molecule has 1 saturated heterocycles. The van der Waals surface area contributed by atoms with Crippen molar-refractivity contribution in [3.8, 4) is 0 Å². The minimum atomic E-state index is -1.03. The highest BCUT2D eigenvalue weighted by Crippen LogP contribution is 2.52. The molecule has 4 amide bonds. The van der Waals surface area contributed by atoms with E-state index in [1.165, 1.54) is 24.0 Å². The number of carbonyl (C=O) groups excluding carboxylic acids is 4. The molecular weight excluding hydrogens is 822 g/mol. The van der Waals surface area contributed by atoms with E-state index in [1.807, 2.05) is 37.8 Å². The lowest BCUT2D eigenvalue weighted by molar-refractivity contribution is 0.0411. The number of H-pyrrole nitrogens is 1. The first-order valence-corrected chi connectivity index (χ1v) is 21.1. The summed E-state index contributed by atoms with van der Waals surface area (Å²) in [4.78, 5) is 82.2. The van der Waals surface area contributed by atoms with E-state index >= 15 is 0 Å². The number of aromatic amines is 1. The maximum atomic E-state index is 14.0. The van der Waals surface area contributed by atoms with Crippen molar-refractivity contribution in [3.63, 3.8) is 0 Å². The lowest BCUT2D eigenvalue weighted by atomic mass is 9.72. The van der Waals surface area contributed by atoms with Crippen LogP contribution in [0.2, 0.25) is 5.02 Å². The van der Waals surface area contributed by atoms with Crippen molar-refractivity contribution in [2.24, 2.45) is 5.41 Å². The molecule has 0 saturated carbocycles. The number of carbonyl (C=O) groups is 4. The molecule has 0 bridgehead atoms. The minimum absolute atomic E-state index is 0.103. The first kappa shape index (κ1) is 44.9. The Bertz CT molecular complexity index is 2350. The molecule has 0 unspecified atom stereocenters. The lowest BCUT2D eigenvalue weighted by Crippen LogP contribution is -2.48. The number of halogens is 1. The number of fused-ring (bicyclic) bond motifs is 1. The van der Waals surface area contributed by atoms with Gasteiger partial charge in [0.2, 0.25) is 0 Å². The van der Waals surface area contributed by atoms with E-state index in [-0.39, 0.29) is 38.6 Å². The van der Waals surface area contributed by atoms with Gasteiger partial charge >= 0.3 is 18.3 Å². The van der Waals surface area contributed by atoms with E-state index in [1.54, 1.807) is 65.9 Å². The summed E-state index contributed by atoms with van der Waals surface area (Å²) in [5.74, 6) is -0.447. The molecule has 4 aromatic rings. The van der Waals surface area contributed by atoms with E-state index in [2.05, 4.69) is 27.8 Å². The first-order chi connectivity index (χ1) is 28.5. The third-order valence-corrected chi connectivity index (χ3v) is 11.4. The van der Waals surface area contributed by atoms with Crippen LogP contribution in [-0.2, 0) is 20.6 Å². The Morgan fingerprint density at radius 3 is 2.15 bits per heavy atom. The van der Waals surface area contributed by atoms with Gasteiger partial charge < -0.3 is 34.7 Å². The summed E-state index contributed by atoms with van der Waals surface area (Å²) in [5.41, 5.74) is -1.13. The summed E-state index contributed by atoms with van der Waals surface area (Å²) in [6.07, 6.45) is 3.82. The van der Waals surface area contributed by atoms with Crippen molar-refractivity contribution in [2.75, 3.05) is 28.2 Å². The standard InChI is InChI=1S/C44H52ClN7O8S/c1-41(2,3)58-38(55)50-34-27-14-11-10-13-26(27)23-44(34)18-21-51(22-19-44)32-25-47-37(35(49-32)52(39(56)59-42(4,5)6)40(57)60-43(7,8)9)61-31-16-12-15-29(33(31)45)48-36(54)28-24-46-20-17-30(28)53/h10-17,20,24-25,34H,18-19,21-23H2,1-9H3,(H,46,53)(H,48,54)(H,50,55)/t34-/m1/s1. The number of ether oxygens (including phenoxy) is 3. The summed E-state index contributed by atoms with van der Waals surface area (Å²) in [6.45, 7) is 16.6. The van der Waals surface area contributed by atoms with E-state index in [0.717, 1.165) is 28.6 Å². The van der Waals surface area contributed by atoms with E-state index in [4.69, 9.17) is 35.8 Å². The number of nitrogens with zero attached hydrogens (tertiary/aromatic N) is 4. The van der Waals surface area contributed by atoms with Crippen LogP contribution in [0.5, 0.6) is 0 Å². The fourth-order valence-electron chi connectivity index (χ4n) is 7.26. The van der Waals surface area contributed by atoms with Gasteiger partial charge in [-0.25, -0.2) is 24.4 Å². The van der Waals surface area contributed by atoms with Gasteiger partial charge in [-0.15, -0.1) is 0 Å². The van der Waals surface area contributed by atoms with Crippen molar-refractivity contribution in [1.82, 2.24) is 20.3 Å². The molecule has 1 spiro atoms. The average molecular weight is 874 g/mol. The zero-order valence-corrected chi connectivity index (χ0v) is 37.4. The second kappa shape index (κ2) is 17.4. The van der Waals surface area contributed by atoms with Crippen LogP contribution in [-0.4, -0.2) is 69.0 Å². The summed E-state index contributed by atoms with van der Waals surface area (Å²) >= 11 is 7.87. The van der Waals surface area contributed by atoms with Crippen molar-refractivity contribution in [1.29, 1.82) is 0 Å². The van der Waals surface area contributed by atoms with Crippen LogP contribution in [0.15, 0.2) is 81.8 Å². The van der Waals surface area contributed by atoms with Gasteiger partial charge in [0.25, 0.3) is 5.91 Å². The molecule has 1 aliphatic heterocycles. The number of nitrogens with one attached hydrogen (secondary N) is 3. The summed E-state index contributed by atoms with van der Waals surface area (Å²) in [6, 6.07) is 14.0. The molecule has 61 heavy (non-hydrogen) atoms. The first-order valence-electron chi connectivity index (χ1n) is 19.9. The van der Waals surface area contributed by atoms with Gasteiger partial charge in [-0.2, -0.15) is 4.90 Å². The molecule has 1 aliphatic carbocycles. The largest absolute Gasteiger partial charge is 0.444 e. The molecule has 1 fully saturated rings. The summed E-state index contributed by atoms with van der Waals surface area (Å²) < 4.78 is 17.2. The Hall–Kier alpha value is -5.61. The predicted octanol–water partition coefficient (Wildman–Crippen LogP) is 9.31. The molecule has 6 rings (SSSR count). The summed E-state index contributed by atoms with van der Waals surface area (Å²) in [5, 5.41) is 6.08. The number of pyridine rings is 1. The topological polar surface area (TPSA) is 185 Å². The molecule has 3 heterocycles. The van der Waals surface area contributed by atoms with Crippen LogP contribution in [0.4, 0.5) is 31.7 Å². The molecule has 2 aromatic heterocycles. The van der Waals surface area contributed by atoms with Gasteiger partial charge in [0, 0.05) is 41.9 Å². The zero-order valence-electron chi connectivity index (χ0n) is 35.8. The van der Waals surface area contributed by atoms with Gasteiger partial charge in [0.1, 0.15) is 33.2 Å². The van der Waals surface area contributed by atoms with Gasteiger partial charge in [0.15, 0.2) is 11.2 Å². The number of amides is 4. The maximum Gasteiger partial charge on any atom is 0.425 e. The maximum absolute atomic E-state index is 14.0. The zero-order chi connectivity index (χ0) is 44.5. The lowest BCUT2D eigenvalue weighted by Gasteiger charge is -2.44. The Morgan fingerprint density at radius 2 is 1.52 bits per heavy atom. The van der Waals surface area contributed by atoms with Gasteiger partial charge in [0.05, 0.1) is 22.9 Å². The molecular formula is C44H52ClN7O8S. The van der Waals surface area contributed by atoms with Gasteiger partial charge in [-0.3, -0.25) is 9.59 Å². The van der Waals surface area contributed by atoms with Crippen LogP contribution in [0, 0.1) is 5.41 Å².